The van der Waals surface area contributed by atoms with Crippen molar-refractivity contribution >= 4 is 5.91 Å². The molecule has 0 aliphatic carbocycles. The quantitative estimate of drug-likeness (QED) is 0.886. The van der Waals surface area contributed by atoms with Crippen LogP contribution in [-0.4, -0.2) is 29.4 Å². The standard InChI is InChI=1S/C15H19N3O2/c16-6-2-7-18(10-12-3-1-8-20-12)15(19)13-9-11-4-5-14(13)17-11/h1,3,8,11,13-14,17H,2,4-5,7,9-10H2. The van der Waals surface area contributed by atoms with Crippen LogP contribution in [0.15, 0.2) is 22.8 Å². The van der Waals surface area contributed by atoms with E-state index in [4.69, 9.17) is 9.68 Å². The fourth-order valence-electron chi connectivity index (χ4n) is 3.37. The Balaban J connectivity index is 1.68. The van der Waals surface area contributed by atoms with Crippen molar-refractivity contribution in [2.75, 3.05) is 6.54 Å². The molecule has 2 aliphatic rings. The molecular weight excluding hydrogens is 254 g/mol. The van der Waals surface area contributed by atoms with Crippen LogP contribution in [0.4, 0.5) is 0 Å². The molecule has 2 saturated heterocycles. The van der Waals surface area contributed by atoms with Gasteiger partial charge in [-0.15, -0.1) is 0 Å². The Labute approximate surface area is 118 Å². The van der Waals surface area contributed by atoms with Crippen LogP contribution in [0.2, 0.25) is 0 Å². The average Bonchev–Trinajstić information content (AvgIpc) is 3.19. The van der Waals surface area contributed by atoms with E-state index in [1.54, 1.807) is 11.2 Å². The molecule has 0 radical (unpaired) electrons. The predicted octanol–water partition coefficient (Wildman–Crippen LogP) is 1.66. The van der Waals surface area contributed by atoms with Crippen molar-refractivity contribution in [3.63, 3.8) is 0 Å². The molecule has 5 heteroatoms. The first-order valence-electron chi connectivity index (χ1n) is 7.22. The number of hydrogen-bond acceptors (Lipinski definition) is 4. The van der Waals surface area contributed by atoms with E-state index in [1.807, 2.05) is 12.1 Å². The summed E-state index contributed by atoms with van der Waals surface area (Å²) in [6.45, 7) is 0.936. The Morgan fingerprint density at radius 2 is 2.45 bits per heavy atom. The molecule has 3 heterocycles. The zero-order valence-corrected chi connectivity index (χ0v) is 11.4. The van der Waals surface area contributed by atoms with Crippen molar-refractivity contribution in [3.8, 4) is 6.07 Å². The van der Waals surface area contributed by atoms with E-state index in [2.05, 4.69) is 11.4 Å². The molecule has 3 unspecified atom stereocenters. The number of rotatable bonds is 5. The molecule has 5 nitrogen and oxygen atoms in total. The summed E-state index contributed by atoms with van der Waals surface area (Å²) in [5.41, 5.74) is 0. The van der Waals surface area contributed by atoms with Crippen LogP contribution in [0.1, 0.15) is 31.4 Å². The Morgan fingerprint density at radius 1 is 1.55 bits per heavy atom. The summed E-state index contributed by atoms with van der Waals surface area (Å²) in [6.07, 6.45) is 5.19. The highest BCUT2D eigenvalue weighted by atomic mass is 16.3. The molecule has 0 saturated carbocycles. The van der Waals surface area contributed by atoms with Crippen molar-refractivity contribution in [1.29, 1.82) is 5.26 Å². The molecule has 1 N–H and O–H groups in total. The van der Waals surface area contributed by atoms with Crippen LogP contribution in [0.5, 0.6) is 0 Å². The smallest absolute Gasteiger partial charge is 0.227 e. The number of furan rings is 1. The van der Waals surface area contributed by atoms with E-state index in [9.17, 15) is 4.79 Å². The van der Waals surface area contributed by atoms with Crippen molar-refractivity contribution in [1.82, 2.24) is 10.2 Å². The second-order valence-electron chi connectivity index (χ2n) is 5.64. The summed E-state index contributed by atoms with van der Waals surface area (Å²) in [5, 5.41) is 12.3. The van der Waals surface area contributed by atoms with Gasteiger partial charge in [-0.2, -0.15) is 5.26 Å². The molecule has 1 aromatic heterocycles. The van der Waals surface area contributed by atoms with E-state index in [0.717, 1.165) is 18.6 Å². The van der Waals surface area contributed by atoms with Gasteiger partial charge in [0.1, 0.15) is 5.76 Å². The highest BCUT2D eigenvalue weighted by molar-refractivity contribution is 5.80. The Bertz CT molecular complexity index is 506. The molecule has 0 aromatic carbocycles. The van der Waals surface area contributed by atoms with Crippen molar-refractivity contribution < 1.29 is 9.21 Å². The van der Waals surface area contributed by atoms with Gasteiger partial charge in [0.2, 0.25) is 5.91 Å². The molecular formula is C15H19N3O2. The Kier molecular flexibility index (Phi) is 3.75. The lowest BCUT2D eigenvalue weighted by molar-refractivity contribution is -0.137. The zero-order valence-electron chi connectivity index (χ0n) is 11.4. The maximum Gasteiger partial charge on any atom is 0.227 e. The van der Waals surface area contributed by atoms with Gasteiger partial charge in [-0.3, -0.25) is 4.79 Å². The molecule has 1 aromatic rings. The van der Waals surface area contributed by atoms with E-state index in [0.29, 0.717) is 31.6 Å². The van der Waals surface area contributed by atoms with Gasteiger partial charge < -0.3 is 14.6 Å². The number of carbonyl (C=O) groups excluding carboxylic acids is 1. The van der Waals surface area contributed by atoms with E-state index in [-0.39, 0.29) is 11.8 Å². The maximum absolute atomic E-state index is 12.7. The minimum Gasteiger partial charge on any atom is -0.467 e. The number of fused-ring (bicyclic) bond motifs is 2. The van der Waals surface area contributed by atoms with Crippen LogP contribution in [0.25, 0.3) is 0 Å². The van der Waals surface area contributed by atoms with E-state index in [1.165, 1.54) is 6.42 Å². The number of nitriles is 1. The molecule has 1 amide bonds. The molecule has 2 fully saturated rings. The average molecular weight is 273 g/mol. The van der Waals surface area contributed by atoms with Gasteiger partial charge in [-0.25, -0.2) is 0 Å². The lowest BCUT2D eigenvalue weighted by Crippen LogP contribution is -2.41. The second-order valence-corrected chi connectivity index (χ2v) is 5.64. The second kappa shape index (κ2) is 5.68. The lowest BCUT2D eigenvalue weighted by Gasteiger charge is -2.27. The van der Waals surface area contributed by atoms with Gasteiger partial charge in [0.25, 0.3) is 0 Å². The minimum absolute atomic E-state index is 0.0717. The summed E-state index contributed by atoms with van der Waals surface area (Å²) in [6, 6.07) is 6.64. The molecule has 0 spiro atoms. The zero-order chi connectivity index (χ0) is 13.9. The third-order valence-electron chi connectivity index (χ3n) is 4.35. The number of carbonyl (C=O) groups is 1. The first-order valence-corrected chi connectivity index (χ1v) is 7.22. The van der Waals surface area contributed by atoms with Gasteiger partial charge in [0.15, 0.2) is 0 Å². The molecule has 2 bridgehead atoms. The normalized spacial score (nSPS) is 27.4. The number of nitrogens with zero attached hydrogens (tertiary/aromatic N) is 2. The van der Waals surface area contributed by atoms with Crippen LogP contribution < -0.4 is 5.32 Å². The van der Waals surface area contributed by atoms with Crippen molar-refractivity contribution in [2.24, 2.45) is 5.92 Å². The van der Waals surface area contributed by atoms with Gasteiger partial charge in [-0.05, 0) is 31.4 Å². The first-order chi connectivity index (χ1) is 9.78. The number of amides is 1. The van der Waals surface area contributed by atoms with Crippen molar-refractivity contribution in [3.05, 3.63) is 24.2 Å². The highest BCUT2D eigenvalue weighted by Crippen LogP contribution is 2.34. The summed E-state index contributed by atoms with van der Waals surface area (Å²) < 4.78 is 5.33. The van der Waals surface area contributed by atoms with Crippen molar-refractivity contribution in [2.45, 2.75) is 44.3 Å². The number of nitrogens with one attached hydrogen (secondary N) is 1. The predicted molar refractivity (Wildman–Crippen MR) is 72.4 cm³/mol. The van der Waals surface area contributed by atoms with Gasteiger partial charge in [-0.1, -0.05) is 0 Å². The SMILES string of the molecule is N#CCCN(Cc1ccco1)C(=O)C1CC2CCC1N2. The largest absolute Gasteiger partial charge is 0.467 e. The van der Waals surface area contributed by atoms with Gasteiger partial charge in [0.05, 0.1) is 31.2 Å². The van der Waals surface area contributed by atoms with Crippen LogP contribution in [0.3, 0.4) is 0 Å². The number of hydrogen-bond donors (Lipinski definition) is 1. The van der Waals surface area contributed by atoms with E-state index >= 15 is 0 Å². The summed E-state index contributed by atoms with van der Waals surface area (Å²) in [5.74, 6) is 1.01. The molecule has 106 valence electrons. The summed E-state index contributed by atoms with van der Waals surface area (Å²) in [7, 11) is 0. The summed E-state index contributed by atoms with van der Waals surface area (Å²) >= 11 is 0. The first kappa shape index (κ1) is 13.2. The van der Waals surface area contributed by atoms with E-state index < -0.39 is 0 Å². The molecule has 3 rings (SSSR count). The van der Waals surface area contributed by atoms with Crippen LogP contribution in [-0.2, 0) is 11.3 Å². The molecule has 3 atom stereocenters. The molecule has 20 heavy (non-hydrogen) atoms. The van der Waals surface area contributed by atoms with Crippen LogP contribution in [0, 0.1) is 17.2 Å². The Hall–Kier alpha value is -1.80. The van der Waals surface area contributed by atoms with Gasteiger partial charge >= 0.3 is 0 Å². The third-order valence-corrected chi connectivity index (χ3v) is 4.35. The summed E-state index contributed by atoms with van der Waals surface area (Å²) in [4.78, 5) is 14.5. The monoisotopic (exact) mass is 273 g/mol. The maximum atomic E-state index is 12.7. The lowest BCUT2D eigenvalue weighted by atomic mass is 9.88. The molecule has 2 aliphatic heterocycles. The minimum atomic E-state index is 0.0717. The van der Waals surface area contributed by atoms with Gasteiger partial charge in [0, 0.05) is 18.6 Å². The topological polar surface area (TPSA) is 69.3 Å². The highest BCUT2D eigenvalue weighted by Gasteiger charge is 2.44. The Morgan fingerprint density at radius 3 is 3.05 bits per heavy atom. The van der Waals surface area contributed by atoms with Crippen LogP contribution >= 0.6 is 0 Å². The fraction of sp³-hybridized carbons (Fsp3) is 0.600. The third kappa shape index (κ3) is 2.56. The fourth-order valence-corrected chi connectivity index (χ4v) is 3.37.